The molecule has 29 heavy (non-hydrogen) atoms. The van der Waals surface area contributed by atoms with Gasteiger partial charge in [-0.3, -0.25) is 9.89 Å². The van der Waals surface area contributed by atoms with E-state index in [4.69, 9.17) is 10.00 Å². The van der Waals surface area contributed by atoms with Gasteiger partial charge in [-0.1, -0.05) is 11.8 Å². The topological polar surface area (TPSA) is 94.9 Å². The Labute approximate surface area is 171 Å². The summed E-state index contributed by atoms with van der Waals surface area (Å²) in [7, 11) is 1.60. The number of carbonyl (C=O) groups excluding carboxylic acids is 1. The molecule has 1 amide bonds. The Kier molecular flexibility index (Phi) is 6.81. The smallest absolute Gasteiger partial charge is 0.237 e. The number of anilines is 1. The van der Waals surface area contributed by atoms with Gasteiger partial charge >= 0.3 is 0 Å². The van der Waals surface area contributed by atoms with Gasteiger partial charge < -0.3 is 9.64 Å². The number of rotatable bonds is 8. The zero-order chi connectivity index (χ0) is 20.6. The first-order valence-electron chi connectivity index (χ1n) is 8.73. The van der Waals surface area contributed by atoms with E-state index in [2.05, 4.69) is 15.2 Å². The first-order valence-corrected chi connectivity index (χ1v) is 9.72. The predicted molar refractivity (Wildman–Crippen MR) is 108 cm³/mol. The van der Waals surface area contributed by atoms with E-state index in [0.29, 0.717) is 16.7 Å². The molecule has 9 heteroatoms. The maximum absolute atomic E-state index is 13.2. The number of ether oxygens (including phenoxy) is 1. The SMILES string of the molecule is COc1ccc(-c2nc(SCC(=O)N(CCC#N)c3ccc(F)cc3)n[nH]2)cc1. The number of nitrogens with zero attached hydrogens (tertiary/aromatic N) is 4. The quantitative estimate of drug-likeness (QED) is 0.569. The molecule has 0 aliphatic carbocycles. The molecule has 0 aliphatic rings. The predicted octanol–water partition coefficient (Wildman–Crippen LogP) is 3.66. The van der Waals surface area contributed by atoms with Crippen LogP contribution >= 0.6 is 11.8 Å². The zero-order valence-corrected chi connectivity index (χ0v) is 16.4. The maximum atomic E-state index is 13.2. The third kappa shape index (κ3) is 5.33. The second-order valence-corrected chi connectivity index (χ2v) is 6.86. The number of nitrogens with one attached hydrogen (secondary N) is 1. The van der Waals surface area contributed by atoms with Crippen LogP contribution in [0.1, 0.15) is 6.42 Å². The van der Waals surface area contributed by atoms with Gasteiger partial charge in [0.05, 0.1) is 25.4 Å². The number of aromatic amines is 1. The van der Waals surface area contributed by atoms with Crippen molar-refractivity contribution in [3.8, 4) is 23.2 Å². The molecule has 3 aromatic rings. The third-order valence-corrected chi connectivity index (χ3v) is 4.87. The van der Waals surface area contributed by atoms with Gasteiger partial charge in [0.25, 0.3) is 0 Å². The van der Waals surface area contributed by atoms with Gasteiger partial charge in [-0.2, -0.15) is 5.26 Å². The average Bonchev–Trinajstić information content (AvgIpc) is 3.23. The monoisotopic (exact) mass is 411 g/mol. The Morgan fingerprint density at radius 3 is 2.62 bits per heavy atom. The highest BCUT2D eigenvalue weighted by Crippen LogP contribution is 2.23. The lowest BCUT2D eigenvalue weighted by Gasteiger charge is -2.21. The van der Waals surface area contributed by atoms with E-state index < -0.39 is 0 Å². The van der Waals surface area contributed by atoms with Crippen LogP contribution in [0.2, 0.25) is 0 Å². The highest BCUT2D eigenvalue weighted by atomic mass is 32.2. The van der Waals surface area contributed by atoms with Gasteiger partial charge in [-0.15, -0.1) is 5.10 Å². The van der Waals surface area contributed by atoms with Crippen molar-refractivity contribution in [3.05, 3.63) is 54.3 Å². The normalized spacial score (nSPS) is 10.4. The summed E-state index contributed by atoms with van der Waals surface area (Å²) in [6, 6.07) is 15.0. The van der Waals surface area contributed by atoms with Crippen molar-refractivity contribution in [2.45, 2.75) is 11.6 Å². The van der Waals surface area contributed by atoms with Crippen molar-refractivity contribution in [2.75, 3.05) is 24.3 Å². The van der Waals surface area contributed by atoms with E-state index in [-0.39, 0.29) is 30.4 Å². The Balaban J connectivity index is 1.65. The van der Waals surface area contributed by atoms with Crippen molar-refractivity contribution in [3.63, 3.8) is 0 Å². The van der Waals surface area contributed by atoms with Crippen LogP contribution in [0.5, 0.6) is 5.75 Å². The van der Waals surface area contributed by atoms with Gasteiger partial charge in [-0.25, -0.2) is 9.37 Å². The maximum Gasteiger partial charge on any atom is 0.237 e. The molecule has 148 valence electrons. The first kappa shape index (κ1) is 20.4. The fourth-order valence-electron chi connectivity index (χ4n) is 2.57. The Hall–Kier alpha value is -3.38. The van der Waals surface area contributed by atoms with Crippen LogP contribution in [-0.2, 0) is 4.79 Å². The zero-order valence-electron chi connectivity index (χ0n) is 15.6. The van der Waals surface area contributed by atoms with Gasteiger partial charge in [0, 0.05) is 17.8 Å². The average molecular weight is 411 g/mol. The first-order chi connectivity index (χ1) is 14.1. The molecule has 0 fully saturated rings. The summed E-state index contributed by atoms with van der Waals surface area (Å²) >= 11 is 1.18. The fraction of sp³-hybridized carbons (Fsp3) is 0.200. The van der Waals surface area contributed by atoms with Crippen LogP contribution in [0, 0.1) is 17.1 Å². The number of aromatic nitrogens is 3. The summed E-state index contributed by atoms with van der Waals surface area (Å²) in [5.74, 6) is 0.812. The van der Waals surface area contributed by atoms with Gasteiger partial charge in [0.15, 0.2) is 5.82 Å². The number of halogens is 1. The molecule has 1 N–H and O–H groups in total. The third-order valence-electron chi connectivity index (χ3n) is 4.04. The van der Waals surface area contributed by atoms with Gasteiger partial charge in [0.2, 0.25) is 11.1 Å². The van der Waals surface area contributed by atoms with Crippen molar-refractivity contribution in [2.24, 2.45) is 0 Å². The molecule has 0 saturated carbocycles. The second-order valence-electron chi connectivity index (χ2n) is 5.91. The number of hydrogen-bond acceptors (Lipinski definition) is 6. The molecule has 0 bridgehead atoms. The van der Waals surface area contributed by atoms with Crippen LogP contribution < -0.4 is 9.64 Å². The van der Waals surface area contributed by atoms with E-state index in [1.807, 2.05) is 30.3 Å². The molecule has 7 nitrogen and oxygen atoms in total. The molecule has 0 atom stereocenters. The number of methoxy groups -OCH3 is 1. The number of thioether (sulfide) groups is 1. The molecule has 0 unspecified atom stereocenters. The van der Waals surface area contributed by atoms with Crippen LogP contribution in [0.25, 0.3) is 11.4 Å². The molecule has 2 aromatic carbocycles. The van der Waals surface area contributed by atoms with Crippen LogP contribution in [0.4, 0.5) is 10.1 Å². The molecule has 0 spiro atoms. The minimum atomic E-state index is -0.386. The van der Waals surface area contributed by atoms with Crippen molar-refractivity contribution in [1.29, 1.82) is 5.26 Å². The lowest BCUT2D eigenvalue weighted by atomic mass is 10.2. The summed E-state index contributed by atoms with van der Waals surface area (Å²) < 4.78 is 18.3. The van der Waals surface area contributed by atoms with E-state index in [9.17, 15) is 9.18 Å². The summed E-state index contributed by atoms with van der Waals surface area (Å²) in [6.45, 7) is 0.229. The second kappa shape index (κ2) is 9.71. The highest BCUT2D eigenvalue weighted by Gasteiger charge is 2.17. The van der Waals surface area contributed by atoms with E-state index in [1.165, 1.54) is 40.9 Å². The van der Waals surface area contributed by atoms with Crippen molar-refractivity contribution >= 4 is 23.4 Å². The lowest BCUT2D eigenvalue weighted by molar-refractivity contribution is -0.116. The van der Waals surface area contributed by atoms with Gasteiger partial charge in [-0.05, 0) is 48.5 Å². The molecule has 1 aromatic heterocycles. The largest absolute Gasteiger partial charge is 0.497 e. The fourth-order valence-corrected chi connectivity index (χ4v) is 3.25. The molecule has 0 radical (unpaired) electrons. The molecular formula is C20H18FN5O2S. The molecule has 0 aliphatic heterocycles. The van der Waals surface area contributed by atoms with Crippen LogP contribution in [0.15, 0.2) is 53.7 Å². The lowest BCUT2D eigenvalue weighted by Crippen LogP contribution is -2.33. The summed E-state index contributed by atoms with van der Waals surface area (Å²) in [5.41, 5.74) is 1.39. The number of H-pyrrole nitrogens is 1. The van der Waals surface area contributed by atoms with E-state index >= 15 is 0 Å². The number of nitriles is 1. The van der Waals surface area contributed by atoms with Crippen molar-refractivity contribution in [1.82, 2.24) is 15.2 Å². The number of carbonyl (C=O) groups is 1. The van der Waals surface area contributed by atoms with E-state index in [0.717, 1.165) is 11.3 Å². The number of benzene rings is 2. The van der Waals surface area contributed by atoms with Crippen LogP contribution in [-0.4, -0.2) is 40.5 Å². The summed E-state index contributed by atoms with van der Waals surface area (Å²) in [4.78, 5) is 18.5. The molecule has 3 rings (SSSR count). The Bertz CT molecular complexity index is 999. The van der Waals surface area contributed by atoms with Gasteiger partial charge in [0.1, 0.15) is 11.6 Å². The van der Waals surface area contributed by atoms with Crippen LogP contribution in [0.3, 0.4) is 0 Å². The standard InChI is InChI=1S/C20H18FN5O2S/c1-28-17-9-3-14(4-10-17)19-23-20(25-24-19)29-13-18(27)26(12-2-11-22)16-7-5-15(21)6-8-16/h3-10H,2,12-13H2,1H3,(H,23,24,25). The number of amides is 1. The summed E-state index contributed by atoms with van der Waals surface area (Å²) in [6.07, 6.45) is 0.177. The number of hydrogen-bond donors (Lipinski definition) is 1. The Morgan fingerprint density at radius 1 is 1.24 bits per heavy atom. The minimum Gasteiger partial charge on any atom is -0.497 e. The molecule has 0 saturated heterocycles. The Morgan fingerprint density at radius 2 is 1.97 bits per heavy atom. The minimum absolute atomic E-state index is 0.0860. The molecule has 1 heterocycles. The van der Waals surface area contributed by atoms with E-state index in [1.54, 1.807) is 7.11 Å². The van der Waals surface area contributed by atoms with Crippen molar-refractivity contribution < 1.29 is 13.9 Å². The highest BCUT2D eigenvalue weighted by molar-refractivity contribution is 7.99. The summed E-state index contributed by atoms with van der Waals surface area (Å²) in [5, 5.41) is 16.3. The molecular weight excluding hydrogens is 393 g/mol.